The second-order valence-electron chi connectivity index (χ2n) is 6.68. The number of hydrogen-bond acceptors (Lipinski definition) is 3. The summed E-state index contributed by atoms with van der Waals surface area (Å²) in [5, 5.41) is 3.66. The number of methoxy groups -OCH3 is 1. The SMILES string of the molecule is COc1ccc(C=CCNC2CCN(c3cccc(C)c3)CC2)cc1. The van der Waals surface area contributed by atoms with Crippen molar-refractivity contribution in [2.75, 3.05) is 31.6 Å². The first-order valence-corrected chi connectivity index (χ1v) is 9.10. The maximum absolute atomic E-state index is 5.18. The number of hydrogen-bond donors (Lipinski definition) is 1. The Labute approximate surface area is 151 Å². The van der Waals surface area contributed by atoms with E-state index < -0.39 is 0 Å². The van der Waals surface area contributed by atoms with E-state index in [1.54, 1.807) is 7.11 Å². The normalized spacial score (nSPS) is 15.7. The smallest absolute Gasteiger partial charge is 0.118 e. The van der Waals surface area contributed by atoms with E-state index in [9.17, 15) is 0 Å². The Morgan fingerprint density at radius 3 is 2.56 bits per heavy atom. The highest BCUT2D eigenvalue weighted by Gasteiger charge is 2.18. The molecule has 0 aliphatic carbocycles. The highest BCUT2D eigenvalue weighted by Crippen LogP contribution is 2.21. The van der Waals surface area contributed by atoms with E-state index >= 15 is 0 Å². The summed E-state index contributed by atoms with van der Waals surface area (Å²) in [5.74, 6) is 0.899. The van der Waals surface area contributed by atoms with Gasteiger partial charge in [0.25, 0.3) is 0 Å². The molecule has 0 unspecified atom stereocenters. The molecule has 1 fully saturated rings. The van der Waals surface area contributed by atoms with Gasteiger partial charge in [-0.15, -0.1) is 0 Å². The summed E-state index contributed by atoms with van der Waals surface area (Å²) in [6, 6.07) is 17.6. The summed E-state index contributed by atoms with van der Waals surface area (Å²) in [6.07, 6.45) is 6.76. The van der Waals surface area contributed by atoms with Crippen LogP contribution in [0.15, 0.2) is 54.6 Å². The molecule has 0 radical (unpaired) electrons. The molecule has 25 heavy (non-hydrogen) atoms. The van der Waals surface area contributed by atoms with Crippen molar-refractivity contribution in [1.82, 2.24) is 5.32 Å². The minimum absolute atomic E-state index is 0.613. The van der Waals surface area contributed by atoms with Crippen molar-refractivity contribution in [2.24, 2.45) is 0 Å². The van der Waals surface area contributed by atoms with Crippen LogP contribution in [0.5, 0.6) is 5.75 Å². The van der Waals surface area contributed by atoms with Gasteiger partial charge < -0.3 is 15.0 Å². The van der Waals surface area contributed by atoms with Gasteiger partial charge in [0, 0.05) is 31.4 Å². The van der Waals surface area contributed by atoms with Crippen LogP contribution >= 0.6 is 0 Å². The molecule has 3 nitrogen and oxygen atoms in total. The van der Waals surface area contributed by atoms with E-state index in [-0.39, 0.29) is 0 Å². The molecule has 0 atom stereocenters. The molecule has 132 valence electrons. The van der Waals surface area contributed by atoms with Gasteiger partial charge in [-0.2, -0.15) is 0 Å². The lowest BCUT2D eigenvalue weighted by Gasteiger charge is -2.34. The topological polar surface area (TPSA) is 24.5 Å². The highest BCUT2D eigenvalue weighted by atomic mass is 16.5. The quantitative estimate of drug-likeness (QED) is 0.852. The lowest BCUT2D eigenvalue weighted by Crippen LogP contribution is -2.42. The van der Waals surface area contributed by atoms with Crippen molar-refractivity contribution >= 4 is 11.8 Å². The van der Waals surface area contributed by atoms with Gasteiger partial charge in [-0.05, 0) is 55.2 Å². The predicted octanol–water partition coefficient (Wildman–Crippen LogP) is 4.28. The van der Waals surface area contributed by atoms with Crippen molar-refractivity contribution in [3.63, 3.8) is 0 Å². The number of nitrogens with one attached hydrogen (secondary N) is 1. The number of anilines is 1. The van der Waals surface area contributed by atoms with Crippen LogP contribution < -0.4 is 15.0 Å². The Morgan fingerprint density at radius 2 is 1.88 bits per heavy atom. The van der Waals surface area contributed by atoms with Crippen LogP contribution in [0.4, 0.5) is 5.69 Å². The first-order valence-electron chi connectivity index (χ1n) is 9.10. The monoisotopic (exact) mass is 336 g/mol. The molecular weight excluding hydrogens is 308 g/mol. The van der Waals surface area contributed by atoms with Crippen molar-refractivity contribution in [2.45, 2.75) is 25.8 Å². The average molecular weight is 336 g/mol. The molecule has 2 aromatic rings. The van der Waals surface area contributed by atoms with Crippen LogP contribution in [0.2, 0.25) is 0 Å². The molecule has 1 saturated heterocycles. The molecule has 3 heteroatoms. The third kappa shape index (κ3) is 5.10. The molecule has 0 bridgehead atoms. The number of ether oxygens (including phenoxy) is 1. The number of benzene rings is 2. The van der Waals surface area contributed by atoms with Crippen LogP contribution in [-0.2, 0) is 0 Å². The van der Waals surface area contributed by atoms with Gasteiger partial charge in [0.2, 0.25) is 0 Å². The van der Waals surface area contributed by atoms with Crippen LogP contribution in [0.3, 0.4) is 0 Å². The van der Waals surface area contributed by atoms with E-state index in [0.717, 1.165) is 25.4 Å². The zero-order valence-corrected chi connectivity index (χ0v) is 15.2. The molecule has 1 aliphatic heterocycles. The number of nitrogens with zero attached hydrogens (tertiary/aromatic N) is 1. The Bertz CT molecular complexity index is 685. The molecule has 1 N–H and O–H groups in total. The lowest BCUT2D eigenvalue weighted by molar-refractivity contribution is 0.415. The van der Waals surface area contributed by atoms with Crippen molar-refractivity contribution in [3.05, 3.63) is 65.7 Å². The molecule has 1 aliphatic rings. The van der Waals surface area contributed by atoms with Gasteiger partial charge in [-0.3, -0.25) is 0 Å². The fourth-order valence-corrected chi connectivity index (χ4v) is 3.31. The predicted molar refractivity (Wildman–Crippen MR) is 106 cm³/mol. The van der Waals surface area contributed by atoms with E-state index in [2.05, 4.69) is 65.7 Å². The van der Waals surface area contributed by atoms with Gasteiger partial charge in [0.1, 0.15) is 5.75 Å². The Hall–Kier alpha value is -2.26. The Morgan fingerprint density at radius 1 is 1.12 bits per heavy atom. The highest BCUT2D eigenvalue weighted by molar-refractivity contribution is 5.51. The maximum atomic E-state index is 5.18. The minimum atomic E-state index is 0.613. The Kier molecular flexibility index (Phi) is 6.13. The first-order chi connectivity index (χ1) is 12.2. The van der Waals surface area contributed by atoms with Gasteiger partial charge >= 0.3 is 0 Å². The standard InChI is InChI=1S/C22H28N2O/c1-18-5-3-7-21(17-18)24-15-12-20(13-16-24)23-14-4-6-19-8-10-22(25-2)11-9-19/h3-11,17,20,23H,12-16H2,1-2H3. The molecular formula is C22H28N2O. The molecule has 0 amide bonds. The van der Waals surface area contributed by atoms with Crippen LogP contribution in [0.25, 0.3) is 6.08 Å². The Balaban J connectivity index is 1.41. The molecule has 1 heterocycles. The minimum Gasteiger partial charge on any atom is -0.497 e. The summed E-state index contributed by atoms with van der Waals surface area (Å²) in [5.41, 5.74) is 3.90. The molecule has 0 aromatic heterocycles. The van der Waals surface area contributed by atoms with E-state index in [1.165, 1.54) is 29.7 Å². The van der Waals surface area contributed by atoms with E-state index in [1.807, 2.05) is 12.1 Å². The van der Waals surface area contributed by atoms with E-state index in [0.29, 0.717) is 6.04 Å². The summed E-state index contributed by atoms with van der Waals surface area (Å²) >= 11 is 0. The molecule has 0 spiro atoms. The number of rotatable bonds is 6. The zero-order valence-electron chi connectivity index (χ0n) is 15.2. The molecule has 0 saturated carbocycles. The number of piperidine rings is 1. The second kappa shape index (κ2) is 8.72. The van der Waals surface area contributed by atoms with E-state index in [4.69, 9.17) is 4.74 Å². The second-order valence-corrected chi connectivity index (χ2v) is 6.68. The largest absolute Gasteiger partial charge is 0.497 e. The third-order valence-electron chi connectivity index (χ3n) is 4.81. The zero-order chi connectivity index (χ0) is 17.5. The van der Waals surface area contributed by atoms with Crippen LogP contribution in [0, 0.1) is 6.92 Å². The van der Waals surface area contributed by atoms with Crippen LogP contribution in [-0.4, -0.2) is 32.8 Å². The van der Waals surface area contributed by atoms with Gasteiger partial charge in [0.05, 0.1) is 7.11 Å². The van der Waals surface area contributed by atoms with Crippen molar-refractivity contribution in [3.8, 4) is 5.75 Å². The average Bonchev–Trinajstić information content (AvgIpc) is 2.66. The summed E-state index contributed by atoms with van der Waals surface area (Å²) in [4.78, 5) is 2.50. The van der Waals surface area contributed by atoms with Gasteiger partial charge in [0.15, 0.2) is 0 Å². The first kappa shape index (κ1) is 17.6. The lowest BCUT2D eigenvalue weighted by atomic mass is 10.0. The fraction of sp³-hybridized carbons (Fsp3) is 0.364. The maximum Gasteiger partial charge on any atom is 0.118 e. The van der Waals surface area contributed by atoms with Crippen molar-refractivity contribution < 1.29 is 4.74 Å². The van der Waals surface area contributed by atoms with Gasteiger partial charge in [-0.25, -0.2) is 0 Å². The molecule has 3 rings (SSSR count). The third-order valence-corrected chi connectivity index (χ3v) is 4.81. The number of aryl methyl sites for hydroxylation is 1. The van der Waals surface area contributed by atoms with Crippen molar-refractivity contribution in [1.29, 1.82) is 0 Å². The summed E-state index contributed by atoms with van der Waals surface area (Å²) in [7, 11) is 1.69. The van der Waals surface area contributed by atoms with Crippen LogP contribution in [0.1, 0.15) is 24.0 Å². The summed E-state index contributed by atoms with van der Waals surface area (Å²) in [6.45, 7) is 5.33. The fourth-order valence-electron chi connectivity index (χ4n) is 3.31. The summed E-state index contributed by atoms with van der Waals surface area (Å²) < 4.78 is 5.18. The van der Waals surface area contributed by atoms with Gasteiger partial charge in [-0.1, -0.05) is 36.4 Å². The molecule has 2 aromatic carbocycles.